The van der Waals surface area contributed by atoms with Gasteiger partial charge < -0.3 is 5.32 Å². The smallest absolute Gasteiger partial charge is 0.183 e. The van der Waals surface area contributed by atoms with Gasteiger partial charge in [-0.15, -0.1) is 11.3 Å². The Morgan fingerprint density at radius 1 is 1.40 bits per heavy atom. The lowest BCUT2D eigenvalue weighted by Crippen LogP contribution is -2.35. The molecule has 1 aromatic heterocycles. The third-order valence-electron chi connectivity index (χ3n) is 3.81. The minimum atomic E-state index is 0.577. The summed E-state index contributed by atoms with van der Waals surface area (Å²) in [7, 11) is 0. The molecule has 2 rings (SSSR count). The summed E-state index contributed by atoms with van der Waals surface area (Å²) in [6.45, 7) is 7.63. The molecule has 1 heterocycles. The Bertz CT molecular complexity index is 314. The molecule has 1 aliphatic carbocycles. The van der Waals surface area contributed by atoms with E-state index >= 15 is 0 Å². The van der Waals surface area contributed by atoms with Crippen molar-refractivity contribution in [3.05, 3.63) is 10.6 Å². The molecule has 0 radical (unpaired) electrons. The summed E-state index contributed by atoms with van der Waals surface area (Å²) in [5.41, 5.74) is 1.75. The van der Waals surface area contributed by atoms with E-state index in [4.69, 9.17) is 0 Å². The van der Waals surface area contributed by atoms with Gasteiger partial charge in [0.15, 0.2) is 5.13 Å². The van der Waals surface area contributed by atoms with Crippen molar-refractivity contribution in [1.29, 1.82) is 0 Å². The van der Waals surface area contributed by atoms with Gasteiger partial charge in [0.1, 0.15) is 0 Å². The van der Waals surface area contributed by atoms with E-state index < -0.39 is 0 Å². The van der Waals surface area contributed by atoms with Gasteiger partial charge in [0.25, 0.3) is 0 Å². The highest BCUT2D eigenvalue weighted by atomic mass is 32.1. The van der Waals surface area contributed by atoms with Crippen LogP contribution in [0.15, 0.2) is 0 Å². The van der Waals surface area contributed by atoms with E-state index in [2.05, 4.69) is 31.1 Å². The Kier molecular flexibility index (Phi) is 3.01. The first-order chi connectivity index (χ1) is 7.15. The first-order valence-corrected chi connectivity index (χ1v) is 6.65. The molecule has 2 nitrogen and oxygen atoms in total. The van der Waals surface area contributed by atoms with Crippen LogP contribution in [0.4, 0.5) is 5.13 Å². The average molecular weight is 224 g/mol. The molecule has 1 aliphatic rings. The predicted octanol–water partition coefficient (Wildman–Crippen LogP) is 3.75. The lowest BCUT2D eigenvalue weighted by atomic mass is 9.67. The monoisotopic (exact) mass is 224 g/mol. The summed E-state index contributed by atoms with van der Waals surface area (Å²) in [5, 5.41) is 4.61. The molecule has 0 aromatic carbocycles. The van der Waals surface area contributed by atoms with E-state index in [1.807, 2.05) is 0 Å². The maximum Gasteiger partial charge on any atom is 0.183 e. The molecule has 1 saturated carbocycles. The first-order valence-electron chi connectivity index (χ1n) is 5.83. The van der Waals surface area contributed by atoms with Crippen molar-refractivity contribution in [2.24, 2.45) is 5.41 Å². The van der Waals surface area contributed by atoms with Crippen molar-refractivity contribution in [3.8, 4) is 0 Å². The van der Waals surface area contributed by atoms with E-state index in [-0.39, 0.29) is 0 Å². The second kappa shape index (κ2) is 4.12. The van der Waals surface area contributed by atoms with Gasteiger partial charge in [0.05, 0.1) is 5.69 Å². The van der Waals surface area contributed by atoms with Crippen LogP contribution < -0.4 is 5.32 Å². The van der Waals surface area contributed by atoms with Gasteiger partial charge in [0, 0.05) is 11.4 Å². The molecule has 84 valence electrons. The van der Waals surface area contributed by atoms with Crippen LogP contribution in [0.3, 0.4) is 0 Å². The molecule has 15 heavy (non-hydrogen) atoms. The van der Waals surface area contributed by atoms with Crippen molar-refractivity contribution < 1.29 is 0 Å². The number of aromatic nitrogens is 1. The van der Waals surface area contributed by atoms with Gasteiger partial charge in [0.2, 0.25) is 0 Å². The number of hydrogen-bond acceptors (Lipinski definition) is 3. The Morgan fingerprint density at radius 3 is 2.53 bits per heavy atom. The molecule has 1 N–H and O–H groups in total. The Balaban J connectivity index is 1.92. The molecule has 3 heteroatoms. The van der Waals surface area contributed by atoms with Crippen LogP contribution in [0, 0.1) is 19.3 Å². The highest BCUT2D eigenvalue weighted by Crippen LogP contribution is 2.43. The molecule has 0 atom stereocenters. The third-order valence-corrected chi connectivity index (χ3v) is 4.84. The Hall–Kier alpha value is -0.570. The molecule has 0 bridgehead atoms. The van der Waals surface area contributed by atoms with E-state index in [0.717, 1.165) is 11.7 Å². The number of nitrogens with one attached hydrogen (secondary N) is 1. The third kappa shape index (κ3) is 2.17. The van der Waals surface area contributed by atoms with E-state index in [1.165, 1.54) is 36.3 Å². The number of thiazole rings is 1. The summed E-state index contributed by atoms with van der Waals surface area (Å²) in [6.07, 6.45) is 5.48. The van der Waals surface area contributed by atoms with Crippen molar-refractivity contribution in [2.45, 2.75) is 46.5 Å². The highest BCUT2D eigenvalue weighted by Gasteiger charge is 2.34. The molecule has 0 amide bonds. The SMILES string of the molecule is CCC1(CNc2nc(C)c(C)s2)CCC1. The quantitative estimate of drug-likeness (QED) is 0.842. The fourth-order valence-corrected chi connectivity index (χ4v) is 2.95. The molecular weight excluding hydrogens is 204 g/mol. The molecule has 1 fully saturated rings. The Labute approximate surface area is 96.1 Å². The van der Waals surface area contributed by atoms with Gasteiger partial charge in [-0.3, -0.25) is 0 Å². The van der Waals surface area contributed by atoms with Gasteiger partial charge in [-0.05, 0) is 38.5 Å². The van der Waals surface area contributed by atoms with Crippen LogP contribution in [0.5, 0.6) is 0 Å². The second-order valence-electron chi connectivity index (χ2n) is 4.72. The minimum absolute atomic E-state index is 0.577. The second-order valence-corrected chi connectivity index (χ2v) is 5.92. The van der Waals surface area contributed by atoms with E-state index in [1.54, 1.807) is 11.3 Å². The van der Waals surface area contributed by atoms with Crippen LogP contribution in [0.1, 0.15) is 43.2 Å². The molecule has 1 aromatic rings. The summed E-state index contributed by atoms with van der Waals surface area (Å²) >= 11 is 1.78. The first kappa shape index (κ1) is 10.9. The van der Waals surface area contributed by atoms with Crippen LogP contribution in [-0.2, 0) is 0 Å². The molecule has 0 spiro atoms. The largest absolute Gasteiger partial charge is 0.361 e. The number of aryl methyl sites for hydroxylation is 2. The van der Waals surface area contributed by atoms with Crippen LogP contribution in [0.25, 0.3) is 0 Å². The zero-order valence-electron chi connectivity index (χ0n) is 9.89. The summed E-state index contributed by atoms with van der Waals surface area (Å²) < 4.78 is 0. The number of anilines is 1. The minimum Gasteiger partial charge on any atom is -0.361 e. The fraction of sp³-hybridized carbons (Fsp3) is 0.750. The summed E-state index contributed by atoms with van der Waals surface area (Å²) in [4.78, 5) is 5.84. The predicted molar refractivity (Wildman–Crippen MR) is 66.7 cm³/mol. The summed E-state index contributed by atoms with van der Waals surface area (Å²) in [5.74, 6) is 0. The van der Waals surface area contributed by atoms with Crippen LogP contribution in [-0.4, -0.2) is 11.5 Å². The van der Waals surface area contributed by atoms with Crippen molar-refractivity contribution in [3.63, 3.8) is 0 Å². The van der Waals surface area contributed by atoms with Crippen molar-refractivity contribution in [1.82, 2.24) is 4.98 Å². The van der Waals surface area contributed by atoms with Crippen molar-refractivity contribution >= 4 is 16.5 Å². The number of rotatable bonds is 4. The lowest BCUT2D eigenvalue weighted by Gasteiger charge is -2.41. The van der Waals surface area contributed by atoms with Crippen LogP contribution in [0.2, 0.25) is 0 Å². The zero-order chi connectivity index (χ0) is 10.9. The normalized spacial score (nSPS) is 18.6. The molecule has 0 saturated heterocycles. The topological polar surface area (TPSA) is 24.9 Å². The van der Waals surface area contributed by atoms with E-state index in [9.17, 15) is 0 Å². The molecular formula is C12H20N2S. The van der Waals surface area contributed by atoms with Gasteiger partial charge in [-0.1, -0.05) is 13.3 Å². The summed E-state index contributed by atoms with van der Waals surface area (Å²) in [6, 6.07) is 0. The molecule has 0 aliphatic heterocycles. The Morgan fingerprint density at radius 2 is 2.13 bits per heavy atom. The van der Waals surface area contributed by atoms with Gasteiger partial charge in [-0.2, -0.15) is 0 Å². The maximum atomic E-state index is 4.51. The fourth-order valence-electron chi connectivity index (χ4n) is 2.14. The number of nitrogens with zero attached hydrogens (tertiary/aromatic N) is 1. The average Bonchev–Trinajstić information content (AvgIpc) is 2.45. The van der Waals surface area contributed by atoms with Gasteiger partial charge in [-0.25, -0.2) is 4.98 Å². The standard InChI is InChI=1S/C12H20N2S/c1-4-12(6-5-7-12)8-13-11-14-9(2)10(3)15-11/h4-8H2,1-3H3,(H,13,14). The zero-order valence-corrected chi connectivity index (χ0v) is 10.7. The lowest BCUT2D eigenvalue weighted by molar-refractivity contribution is 0.145. The van der Waals surface area contributed by atoms with Gasteiger partial charge >= 0.3 is 0 Å². The van der Waals surface area contributed by atoms with Crippen LogP contribution >= 0.6 is 11.3 Å². The van der Waals surface area contributed by atoms with E-state index in [0.29, 0.717) is 5.41 Å². The maximum absolute atomic E-state index is 4.51. The highest BCUT2D eigenvalue weighted by molar-refractivity contribution is 7.15. The molecule has 0 unspecified atom stereocenters. The van der Waals surface area contributed by atoms with Crippen molar-refractivity contribution in [2.75, 3.05) is 11.9 Å². The number of hydrogen-bond donors (Lipinski definition) is 1.